The Balaban J connectivity index is 1.33. The number of aryl methyl sites for hydroxylation is 1. The molecule has 0 N–H and O–H groups in total. The smallest absolute Gasteiger partial charge is 0.253 e. The molecule has 3 aliphatic heterocycles. The number of fused-ring (bicyclic) bond motifs is 5. The van der Waals surface area contributed by atoms with Gasteiger partial charge in [0.15, 0.2) is 0 Å². The molecule has 3 aliphatic rings. The van der Waals surface area contributed by atoms with Crippen molar-refractivity contribution in [2.24, 2.45) is 18.9 Å². The third kappa shape index (κ3) is 2.07. The number of tetrazole rings is 1. The fourth-order valence-electron chi connectivity index (χ4n) is 4.47. The normalized spacial score (nSPS) is 30.8. The van der Waals surface area contributed by atoms with Crippen molar-refractivity contribution in [1.29, 1.82) is 0 Å². The van der Waals surface area contributed by atoms with Gasteiger partial charge in [-0.2, -0.15) is 4.80 Å². The molecule has 5 rings (SSSR count). The van der Waals surface area contributed by atoms with Crippen molar-refractivity contribution in [2.45, 2.75) is 25.0 Å². The Morgan fingerprint density at radius 2 is 1.79 bits per heavy atom. The molecule has 2 aromatic rings. The minimum Gasteiger partial charge on any atom is -0.374 e. The zero-order valence-electron chi connectivity index (χ0n) is 13.5. The van der Waals surface area contributed by atoms with Gasteiger partial charge in [-0.25, -0.2) is 0 Å². The number of likely N-dealkylation sites (tertiary alicyclic amines) is 1. The molecular weight excluding hydrogens is 306 g/mol. The zero-order chi connectivity index (χ0) is 16.3. The number of carbonyl (C=O) groups is 1. The van der Waals surface area contributed by atoms with Gasteiger partial charge in [0.25, 0.3) is 5.91 Å². The summed E-state index contributed by atoms with van der Waals surface area (Å²) < 4.78 is 5.98. The van der Waals surface area contributed by atoms with Crippen molar-refractivity contribution in [3.05, 3.63) is 29.8 Å². The van der Waals surface area contributed by atoms with Crippen LogP contribution in [0.1, 0.15) is 23.2 Å². The van der Waals surface area contributed by atoms with E-state index >= 15 is 0 Å². The summed E-state index contributed by atoms with van der Waals surface area (Å²) in [4.78, 5) is 16.2. The van der Waals surface area contributed by atoms with E-state index in [0.29, 0.717) is 29.9 Å². The predicted molar refractivity (Wildman–Crippen MR) is 85.0 cm³/mol. The first kappa shape index (κ1) is 14.1. The highest BCUT2D eigenvalue weighted by molar-refractivity contribution is 5.94. The third-order valence-corrected chi connectivity index (χ3v) is 5.64. The number of aromatic nitrogens is 4. The maximum Gasteiger partial charge on any atom is 0.253 e. The molecule has 24 heavy (non-hydrogen) atoms. The second-order valence-corrected chi connectivity index (χ2v) is 7.01. The van der Waals surface area contributed by atoms with Crippen LogP contribution in [0.3, 0.4) is 0 Å². The summed E-state index contributed by atoms with van der Waals surface area (Å²) in [5.74, 6) is 1.76. The number of rotatable bonds is 2. The minimum absolute atomic E-state index is 0.113. The maximum atomic E-state index is 12.8. The lowest BCUT2D eigenvalue weighted by atomic mass is 9.82. The molecule has 4 atom stereocenters. The summed E-state index contributed by atoms with van der Waals surface area (Å²) in [7, 11) is 1.73. The summed E-state index contributed by atoms with van der Waals surface area (Å²) in [5, 5.41) is 12.0. The van der Waals surface area contributed by atoms with Crippen LogP contribution >= 0.6 is 0 Å². The van der Waals surface area contributed by atoms with E-state index in [1.807, 2.05) is 29.2 Å². The van der Waals surface area contributed by atoms with Gasteiger partial charge < -0.3 is 9.64 Å². The van der Waals surface area contributed by atoms with Crippen LogP contribution in [0.2, 0.25) is 0 Å². The largest absolute Gasteiger partial charge is 0.374 e. The van der Waals surface area contributed by atoms with E-state index in [-0.39, 0.29) is 5.91 Å². The van der Waals surface area contributed by atoms with Gasteiger partial charge in [-0.15, -0.1) is 10.2 Å². The first-order valence-corrected chi connectivity index (χ1v) is 8.48. The lowest BCUT2D eigenvalue weighted by Crippen LogP contribution is -2.31. The molecule has 1 aromatic carbocycles. The molecule has 1 amide bonds. The molecule has 2 bridgehead atoms. The summed E-state index contributed by atoms with van der Waals surface area (Å²) >= 11 is 0. The van der Waals surface area contributed by atoms with E-state index < -0.39 is 0 Å². The predicted octanol–water partition coefficient (Wildman–Crippen LogP) is 1.13. The SMILES string of the molecule is Cn1nnc(-c2ccc(C(=O)N3C[C@@H]4[C@H](C3)[C@H]3CC[C@@H]4O3)cc2)n1. The Hall–Kier alpha value is -2.28. The second-order valence-electron chi connectivity index (χ2n) is 7.01. The molecule has 7 nitrogen and oxygen atoms in total. The van der Waals surface area contributed by atoms with Crippen LogP contribution in [-0.2, 0) is 11.8 Å². The Morgan fingerprint density at radius 1 is 1.12 bits per heavy atom. The molecule has 4 heterocycles. The Morgan fingerprint density at radius 3 is 2.38 bits per heavy atom. The maximum absolute atomic E-state index is 12.8. The molecule has 3 saturated heterocycles. The van der Waals surface area contributed by atoms with Gasteiger partial charge in [0.1, 0.15) is 0 Å². The molecule has 0 saturated carbocycles. The third-order valence-electron chi connectivity index (χ3n) is 5.64. The topological polar surface area (TPSA) is 73.1 Å². The van der Waals surface area contributed by atoms with E-state index in [2.05, 4.69) is 15.4 Å². The number of hydrogen-bond acceptors (Lipinski definition) is 5. The Bertz CT molecular complexity index is 769. The van der Waals surface area contributed by atoms with Crippen molar-refractivity contribution in [2.75, 3.05) is 13.1 Å². The van der Waals surface area contributed by atoms with Crippen molar-refractivity contribution >= 4 is 5.91 Å². The summed E-state index contributed by atoms with van der Waals surface area (Å²) in [6, 6.07) is 7.47. The summed E-state index contributed by atoms with van der Waals surface area (Å²) in [6.07, 6.45) is 3.08. The van der Waals surface area contributed by atoms with Crippen LogP contribution in [0.5, 0.6) is 0 Å². The average Bonchev–Trinajstić information content (AvgIpc) is 3.35. The number of benzene rings is 1. The molecule has 0 radical (unpaired) electrons. The van der Waals surface area contributed by atoms with Gasteiger partial charge >= 0.3 is 0 Å². The monoisotopic (exact) mass is 325 g/mol. The first-order chi connectivity index (χ1) is 11.7. The van der Waals surface area contributed by atoms with Gasteiger partial charge in [-0.3, -0.25) is 4.79 Å². The van der Waals surface area contributed by atoms with Crippen LogP contribution in [-0.4, -0.2) is 56.3 Å². The van der Waals surface area contributed by atoms with Crippen LogP contribution in [0, 0.1) is 11.8 Å². The highest BCUT2D eigenvalue weighted by Crippen LogP contribution is 2.47. The second kappa shape index (κ2) is 5.11. The lowest BCUT2D eigenvalue weighted by molar-refractivity contribution is 0.0594. The Labute approximate surface area is 139 Å². The molecule has 7 heteroatoms. The molecule has 0 unspecified atom stereocenters. The fraction of sp³-hybridized carbons (Fsp3) is 0.529. The van der Waals surface area contributed by atoms with E-state index in [1.54, 1.807) is 7.05 Å². The fourth-order valence-corrected chi connectivity index (χ4v) is 4.47. The number of amides is 1. The molecule has 0 aliphatic carbocycles. The Kier molecular flexibility index (Phi) is 3.00. The van der Waals surface area contributed by atoms with Crippen LogP contribution in [0.4, 0.5) is 0 Å². The highest BCUT2D eigenvalue weighted by Gasteiger charge is 2.53. The van der Waals surface area contributed by atoms with E-state index in [0.717, 1.165) is 37.1 Å². The number of nitrogens with zero attached hydrogens (tertiary/aromatic N) is 5. The van der Waals surface area contributed by atoms with Gasteiger partial charge in [0.05, 0.1) is 19.3 Å². The summed E-state index contributed by atoms with van der Waals surface area (Å²) in [6.45, 7) is 1.66. The van der Waals surface area contributed by atoms with E-state index in [9.17, 15) is 4.79 Å². The van der Waals surface area contributed by atoms with Crippen LogP contribution in [0.25, 0.3) is 11.4 Å². The lowest BCUT2D eigenvalue weighted by Gasteiger charge is -2.19. The molecule has 124 valence electrons. The van der Waals surface area contributed by atoms with Gasteiger partial charge in [-0.05, 0) is 30.2 Å². The highest BCUT2D eigenvalue weighted by atomic mass is 16.5. The molecule has 3 fully saturated rings. The number of carbonyl (C=O) groups excluding carboxylic acids is 1. The molecular formula is C17H19N5O2. The van der Waals surface area contributed by atoms with Crippen LogP contribution < -0.4 is 0 Å². The van der Waals surface area contributed by atoms with Gasteiger partial charge in [0, 0.05) is 36.1 Å². The quantitative estimate of drug-likeness (QED) is 0.827. The van der Waals surface area contributed by atoms with E-state index in [4.69, 9.17) is 4.74 Å². The van der Waals surface area contributed by atoms with Gasteiger partial charge in [0.2, 0.25) is 5.82 Å². The first-order valence-electron chi connectivity index (χ1n) is 8.48. The van der Waals surface area contributed by atoms with Gasteiger partial charge in [-0.1, -0.05) is 12.1 Å². The average molecular weight is 325 g/mol. The van der Waals surface area contributed by atoms with Crippen molar-refractivity contribution in [3.8, 4) is 11.4 Å². The van der Waals surface area contributed by atoms with E-state index in [1.165, 1.54) is 4.80 Å². The number of ether oxygens (including phenoxy) is 1. The number of hydrogen-bond donors (Lipinski definition) is 0. The summed E-state index contributed by atoms with van der Waals surface area (Å²) in [5.41, 5.74) is 1.58. The van der Waals surface area contributed by atoms with Crippen molar-refractivity contribution < 1.29 is 9.53 Å². The minimum atomic E-state index is 0.113. The standard InChI is InChI=1S/C17H19N5O2/c1-21-19-16(18-20-21)10-2-4-11(5-3-10)17(23)22-8-12-13(9-22)15-7-6-14(12)24-15/h2-5,12-15H,6-9H2,1H3/t12-,13+,14+,15-. The van der Waals surface area contributed by atoms with Crippen LogP contribution in [0.15, 0.2) is 24.3 Å². The van der Waals surface area contributed by atoms with Crippen molar-refractivity contribution in [1.82, 2.24) is 25.1 Å². The zero-order valence-corrected chi connectivity index (χ0v) is 13.5. The van der Waals surface area contributed by atoms with Crippen molar-refractivity contribution in [3.63, 3.8) is 0 Å². The molecule has 0 spiro atoms. The molecule has 1 aromatic heterocycles.